The van der Waals surface area contributed by atoms with E-state index in [1.54, 1.807) is 29.2 Å². The zero-order valence-electron chi connectivity index (χ0n) is 17.3. The van der Waals surface area contributed by atoms with Crippen LogP contribution in [0.15, 0.2) is 33.9 Å². The van der Waals surface area contributed by atoms with Crippen LogP contribution in [-0.2, 0) is 9.59 Å². The van der Waals surface area contributed by atoms with Crippen LogP contribution in [0.4, 0.5) is 0 Å². The Morgan fingerprint density at radius 1 is 1.13 bits per heavy atom. The lowest BCUT2D eigenvalue weighted by Crippen LogP contribution is -2.60. The molecule has 0 radical (unpaired) electrons. The van der Waals surface area contributed by atoms with Crippen molar-refractivity contribution in [1.82, 2.24) is 20.4 Å². The maximum Gasteiger partial charge on any atom is 0.277 e. The van der Waals surface area contributed by atoms with E-state index in [0.717, 1.165) is 36.6 Å². The largest absolute Gasteiger partial charge is 0.411 e. The molecule has 1 heterocycles. The number of nitrogens with one attached hydrogen (secondary N) is 1. The molecule has 2 amide bonds. The number of hydrogen-bond acceptors (Lipinski definition) is 6. The Hall–Kier alpha value is -2.06. The molecule has 1 aliphatic rings. The summed E-state index contributed by atoms with van der Waals surface area (Å²) in [5.41, 5.74) is -0.0419. The van der Waals surface area contributed by atoms with Gasteiger partial charge < -0.3 is 14.6 Å². The van der Waals surface area contributed by atoms with Gasteiger partial charge in [-0.05, 0) is 51.0 Å². The number of carbonyl (C=O) groups is 2. The van der Waals surface area contributed by atoms with E-state index in [4.69, 9.17) is 16.0 Å². The third-order valence-corrected chi connectivity index (χ3v) is 6.44. The molecule has 0 saturated heterocycles. The van der Waals surface area contributed by atoms with Crippen molar-refractivity contribution in [2.24, 2.45) is 0 Å². The first-order valence-corrected chi connectivity index (χ1v) is 11.7. The van der Waals surface area contributed by atoms with E-state index in [-0.39, 0.29) is 17.6 Å². The Morgan fingerprint density at radius 3 is 2.43 bits per heavy atom. The zero-order chi connectivity index (χ0) is 21.6. The molecule has 30 heavy (non-hydrogen) atoms. The molecule has 0 spiro atoms. The number of amides is 2. The monoisotopic (exact) mass is 450 g/mol. The second-order valence-corrected chi connectivity index (χ2v) is 8.70. The summed E-state index contributed by atoms with van der Waals surface area (Å²) in [7, 11) is 0. The Balaban J connectivity index is 1.62. The molecule has 3 rings (SSSR count). The lowest BCUT2D eigenvalue weighted by atomic mass is 9.80. The van der Waals surface area contributed by atoms with Crippen molar-refractivity contribution in [3.63, 3.8) is 0 Å². The van der Waals surface area contributed by atoms with Gasteiger partial charge in [0, 0.05) is 23.7 Å². The third kappa shape index (κ3) is 5.35. The van der Waals surface area contributed by atoms with Gasteiger partial charge in [-0.3, -0.25) is 9.59 Å². The molecule has 1 N–H and O–H groups in total. The second kappa shape index (κ2) is 10.3. The minimum Gasteiger partial charge on any atom is -0.411 e. The summed E-state index contributed by atoms with van der Waals surface area (Å²) in [5, 5.41) is 12.0. The quantitative estimate of drug-likeness (QED) is 0.607. The Labute approximate surface area is 185 Å². The van der Waals surface area contributed by atoms with Gasteiger partial charge in [0.05, 0.1) is 5.75 Å². The molecule has 1 aromatic heterocycles. The van der Waals surface area contributed by atoms with Crippen molar-refractivity contribution in [3.05, 3.63) is 29.3 Å². The summed E-state index contributed by atoms with van der Waals surface area (Å²) in [6, 6.07) is 7.08. The first-order chi connectivity index (χ1) is 14.5. The van der Waals surface area contributed by atoms with E-state index in [1.807, 2.05) is 13.8 Å². The summed E-state index contributed by atoms with van der Waals surface area (Å²) in [6.45, 7) is 5.20. The highest BCUT2D eigenvalue weighted by Crippen LogP contribution is 2.31. The number of thioether (sulfide) groups is 1. The number of nitrogens with zero attached hydrogens (tertiary/aromatic N) is 3. The van der Waals surface area contributed by atoms with Crippen molar-refractivity contribution >= 4 is 35.2 Å². The average Bonchev–Trinajstić information content (AvgIpc) is 3.23. The predicted octanol–water partition coefficient (Wildman–Crippen LogP) is 4.17. The van der Waals surface area contributed by atoms with Gasteiger partial charge >= 0.3 is 0 Å². The van der Waals surface area contributed by atoms with Crippen LogP contribution in [0.5, 0.6) is 0 Å². The maximum atomic E-state index is 13.1. The van der Waals surface area contributed by atoms with Gasteiger partial charge in [-0.15, -0.1) is 10.2 Å². The van der Waals surface area contributed by atoms with Crippen LogP contribution in [0.25, 0.3) is 11.5 Å². The standard InChI is InChI=1S/C21H27ClN4O3S/c1-3-26(4-2)19(28)21(12-6-5-7-13-21)23-17(27)14-30-20-25-24-18(29-20)15-8-10-16(22)11-9-15/h8-11H,3-7,12-14H2,1-2H3,(H,23,27). The highest BCUT2D eigenvalue weighted by Gasteiger charge is 2.42. The lowest BCUT2D eigenvalue weighted by molar-refractivity contribution is -0.142. The number of carbonyl (C=O) groups excluding carboxylic acids is 2. The average molecular weight is 451 g/mol. The second-order valence-electron chi connectivity index (χ2n) is 7.34. The van der Waals surface area contributed by atoms with Crippen LogP contribution in [0.3, 0.4) is 0 Å². The van der Waals surface area contributed by atoms with Gasteiger partial charge in [-0.2, -0.15) is 0 Å². The molecule has 0 unspecified atom stereocenters. The van der Waals surface area contributed by atoms with Gasteiger partial charge in [0.1, 0.15) is 5.54 Å². The predicted molar refractivity (Wildman–Crippen MR) is 117 cm³/mol. The lowest BCUT2D eigenvalue weighted by Gasteiger charge is -2.40. The smallest absolute Gasteiger partial charge is 0.277 e. The van der Waals surface area contributed by atoms with Crippen LogP contribution in [0.2, 0.25) is 5.02 Å². The molecule has 2 aromatic rings. The van der Waals surface area contributed by atoms with Gasteiger partial charge in [0.15, 0.2) is 0 Å². The molecule has 0 bridgehead atoms. The van der Waals surface area contributed by atoms with Crippen molar-refractivity contribution < 1.29 is 14.0 Å². The first-order valence-electron chi connectivity index (χ1n) is 10.3. The fourth-order valence-electron chi connectivity index (χ4n) is 3.77. The van der Waals surface area contributed by atoms with Crippen molar-refractivity contribution in [2.45, 2.75) is 56.7 Å². The van der Waals surface area contributed by atoms with Gasteiger partial charge in [-0.25, -0.2) is 0 Å². The molecular weight excluding hydrogens is 424 g/mol. The van der Waals surface area contributed by atoms with E-state index in [2.05, 4.69) is 15.5 Å². The molecule has 7 nitrogen and oxygen atoms in total. The molecule has 1 aromatic carbocycles. The molecule has 1 fully saturated rings. The van der Waals surface area contributed by atoms with E-state index in [9.17, 15) is 9.59 Å². The minimum atomic E-state index is -0.800. The summed E-state index contributed by atoms with van der Waals surface area (Å²) in [5.74, 6) is 0.298. The normalized spacial score (nSPS) is 15.6. The summed E-state index contributed by atoms with van der Waals surface area (Å²) < 4.78 is 5.64. The summed E-state index contributed by atoms with van der Waals surface area (Å²) in [4.78, 5) is 27.6. The van der Waals surface area contributed by atoms with Crippen molar-refractivity contribution in [2.75, 3.05) is 18.8 Å². The van der Waals surface area contributed by atoms with Gasteiger partial charge in [-0.1, -0.05) is 42.6 Å². The molecule has 1 saturated carbocycles. The minimum absolute atomic E-state index is 0.0216. The first kappa shape index (κ1) is 22.6. The highest BCUT2D eigenvalue weighted by molar-refractivity contribution is 7.99. The van der Waals surface area contributed by atoms with E-state index < -0.39 is 5.54 Å². The fraction of sp³-hybridized carbons (Fsp3) is 0.524. The maximum absolute atomic E-state index is 13.1. The topological polar surface area (TPSA) is 88.3 Å². The number of hydrogen-bond donors (Lipinski definition) is 1. The molecule has 1 aliphatic carbocycles. The molecule has 9 heteroatoms. The van der Waals surface area contributed by atoms with Crippen LogP contribution in [0, 0.1) is 0 Å². The van der Waals surface area contributed by atoms with Crippen LogP contribution >= 0.6 is 23.4 Å². The van der Waals surface area contributed by atoms with E-state index >= 15 is 0 Å². The Bertz CT molecular complexity index is 861. The van der Waals surface area contributed by atoms with Crippen LogP contribution < -0.4 is 5.32 Å². The van der Waals surface area contributed by atoms with Gasteiger partial charge in [0.2, 0.25) is 17.7 Å². The van der Waals surface area contributed by atoms with Crippen molar-refractivity contribution in [3.8, 4) is 11.5 Å². The van der Waals surface area contributed by atoms with Crippen LogP contribution in [0.1, 0.15) is 46.0 Å². The Morgan fingerprint density at radius 2 is 1.80 bits per heavy atom. The van der Waals surface area contributed by atoms with Gasteiger partial charge in [0.25, 0.3) is 5.22 Å². The Kier molecular flexibility index (Phi) is 7.77. The summed E-state index contributed by atoms with van der Waals surface area (Å²) >= 11 is 7.06. The number of likely N-dealkylation sites (N-methyl/N-ethyl adjacent to an activating group) is 1. The van der Waals surface area contributed by atoms with Crippen molar-refractivity contribution in [1.29, 1.82) is 0 Å². The third-order valence-electron chi connectivity index (χ3n) is 5.37. The number of rotatable bonds is 8. The molecule has 162 valence electrons. The molecule has 0 aliphatic heterocycles. The number of aromatic nitrogens is 2. The number of halogens is 1. The van der Waals surface area contributed by atoms with E-state index in [0.29, 0.717) is 42.1 Å². The summed E-state index contributed by atoms with van der Waals surface area (Å²) in [6.07, 6.45) is 4.33. The highest BCUT2D eigenvalue weighted by atomic mass is 35.5. The molecule has 0 atom stereocenters. The van der Waals surface area contributed by atoms with Crippen LogP contribution in [-0.4, -0.2) is 51.3 Å². The number of benzene rings is 1. The fourth-order valence-corrected chi connectivity index (χ4v) is 4.46. The SMILES string of the molecule is CCN(CC)C(=O)C1(NC(=O)CSc2nnc(-c3ccc(Cl)cc3)o2)CCCCC1. The van der Waals surface area contributed by atoms with E-state index in [1.165, 1.54) is 0 Å². The zero-order valence-corrected chi connectivity index (χ0v) is 18.9. The molecular formula is C21H27ClN4O3S.